The van der Waals surface area contributed by atoms with Crippen molar-refractivity contribution in [3.8, 4) is 0 Å². The first-order valence-corrected chi connectivity index (χ1v) is 13.0. The number of benzene rings is 1. The van der Waals surface area contributed by atoms with Crippen LogP contribution >= 0.6 is 11.8 Å². The lowest BCUT2D eigenvalue weighted by Gasteiger charge is -2.24. The van der Waals surface area contributed by atoms with Gasteiger partial charge in [0.2, 0.25) is 5.91 Å². The van der Waals surface area contributed by atoms with E-state index in [1.165, 1.54) is 22.9 Å². The van der Waals surface area contributed by atoms with Crippen LogP contribution in [0.5, 0.6) is 0 Å². The molecule has 0 unspecified atom stereocenters. The van der Waals surface area contributed by atoms with Crippen LogP contribution in [0.25, 0.3) is 0 Å². The molecule has 2 aromatic rings. The Bertz CT molecular complexity index is 1170. The van der Waals surface area contributed by atoms with Crippen molar-refractivity contribution in [1.82, 2.24) is 15.2 Å². The number of nitrogens with one attached hydrogen (secondary N) is 2. The van der Waals surface area contributed by atoms with Crippen molar-refractivity contribution >= 4 is 35.4 Å². The Balaban J connectivity index is 1.52. The fourth-order valence-electron chi connectivity index (χ4n) is 3.92. The highest BCUT2D eigenvalue weighted by molar-refractivity contribution is 8.00. The Morgan fingerprint density at radius 1 is 1.18 bits per heavy atom. The molecule has 1 aromatic heterocycles. The average Bonchev–Trinajstić information content (AvgIpc) is 3.35. The van der Waals surface area contributed by atoms with E-state index in [0.29, 0.717) is 29.7 Å². The van der Waals surface area contributed by atoms with Gasteiger partial charge in [0.15, 0.2) is 17.0 Å². The predicted molar refractivity (Wildman–Crippen MR) is 137 cm³/mol. The van der Waals surface area contributed by atoms with Crippen LogP contribution < -0.4 is 16.4 Å². The fraction of sp³-hybridized carbons (Fsp3) is 0.440. The Morgan fingerprint density at radius 2 is 1.89 bits per heavy atom. The van der Waals surface area contributed by atoms with E-state index in [0.717, 1.165) is 6.07 Å². The number of carbonyl (C=O) groups excluding carboxylic acids is 2. The topological polar surface area (TPSA) is 138 Å². The monoisotopic (exact) mass is 553 g/mol. The summed E-state index contributed by atoms with van der Waals surface area (Å²) in [6.07, 6.45) is 1.15. The molecule has 0 saturated carbocycles. The summed E-state index contributed by atoms with van der Waals surface area (Å²) in [5.74, 6) is -4.43. The Morgan fingerprint density at radius 3 is 2.53 bits per heavy atom. The maximum atomic E-state index is 13.9. The molecule has 2 amide bonds. The maximum absolute atomic E-state index is 13.9. The molecular formula is C25H30F3N5O4S. The highest BCUT2D eigenvalue weighted by Gasteiger charge is 2.35. The maximum Gasteiger partial charge on any atom is 0.326 e. The zero-order chi connectivity index (χ0) is 28.0. The second-order valence-corrected chi connectivity index (χ2v) is 10.5. The van der Waals surface area contributed by atoms with Crippen molar-refractivity contribution in [2.75, 3.05) is 17.6 Å². The Kier molecular flexibility index (Phi) is 9.97. The number of anilines is 1. The standard InChI is InChI=1S/C25H30F3N5O4S/c1-13(2)22(25(36)37)32-20-4-3-14(11-30-20)12-31-23(35)24-33(5-6-38-24)21(34)9-16(29)7-15-8-18(27)19(28)10-17(15)26/h3-4,8,10-11,13,16,22,24H,5-7,9,12,29H2,1-2H3,(H,30,32)(H,31,35)(H,36,37)/t16-,22+,24+/m1/s1. The van der Waals surface area contributed by atoms with E-state index in [-0.39, 0.29) is 36.8 Å². The van der Waals surface area contributed by atoms with E-state index in [2.05, 4.69) is 15.6 Å². The van der Waals surface area contributed by atoms with Crippen molar-refractivity contribution in [3.63, 3.8) is 0 Å². The third kappa shape index (κ3) is 7.60. The number of thioether (sulfide) groups is 1. The average molecular weight is 554 g/mol. The van der Waals surface area contributed by atoms with Gasteiger partial charge in [-0.1, -0.05) is 19.9 Å². The van der Waals surface area contributed by atoms with Crippen molar-refractivity contribution in [2.45, 2.75) is 50.7 Å². The molecule has 0 radical (unpaired) electrons. The van der Waals surface area contributed by atoms with Gasteiger partial charge in [0.05, 0.1) is 0 Å². The number of carboxylic acid groups (broad SMARTS) is 1. The summed E-state index contributed by atoms with van der Waals surface area (Å²) in [5.41, 5.74) is 6.53. The number of hydrogen-bond acceptors (Lipinski definition) is 7. The summed E-state index contributed by atoms with van der Waals surface area (Å²) >= 11 is 1.29. The third-order valence-electron chi connectivity index (χ3n) is 5.97. The summed E-state index contributed by atoms with van der Waals surface area (Å²) in [4.78, 5) is 42.6. The lowest BCUT2D eigenvalue weighted by Crippen LogP contribution is -2.46. The van der Waals surface area contributed by atoms with E-state index in [1.807, 2.05) is 0 Å². The molecule has 206 valence electrons. The minimum absolute atomic E-state index is 0.133. The van der Waals surface area contributed by atoms with Gasteiger partial charge in [-0.15, -0.1) is 11.8 Å². The van der Waals surface area contributed by atoms with E-state index in [1.54, 1.807) is 26.0 Å². The molecular weight excluding hydrogens is 523 g/mol. The molecule has 0 aliphatic carbocycles. The van der Waals surface area contributed by atoms with Gasteiger partial charge in [-0.05, 0) is 35.6 Å². The molecule has 3 atom stereocenters. The molecule has 0 spiro atoms. The Hall–Kier alpha value is -3.32. The number of nitrogens with two attached hydrogens (primary N) is 1. The van der Waals surface area contributed by atoms with Crippen LogP contribution in [0.15, 0.2) is 30.5 Å². The van der Waals surface area contributed by atoms with E-state index < -0.39 is 46.8 Å². The molecule has 1 fully saturated rings. The van der Waals surface area contributed by atoms with Crippen molar-refractivity contribution in [2.24, 2.45) is 11.7 Å². The lowest BCUT2D eigenvalue weighted by molar-refractivity contribution is -0.139. The van der Waals surface area contributed by atoms with Crippen LogP contribution in [0, 0.1) is 23.4 Å². The molecule has 38 heavy (non-hydrogen) atoms. The zero-order valence-corrected chi connectivity index (χ0v) is 21.7. The normalized spacial score (nSPS) is 16.8. The molecule has 1 aromatic carbocycles. The Labute approximate surface area is 222 Å². The number of halogens is 3. The first kappa shape index (κ1) is 29.2. The van der Waals surface area contributed by atoms with E-state index in [4.69, 9.17) is 5.73 Å². The van der Waals surface area contributed by atoms with Crippen LogP contribution in [0.1, 0.15) is 31.4 Å². The summed E-state index contributed by atoms with van der Waals surface area (Å²) in [5, 5.41) is 14.2. The van der Waals surface area contributed by atoms with Crippen LogP contribution in [0.4, 0.5) is 19.0 Å². The molecule has 3 rings (SSSR count). The second-order valence-electron chi connectivity index (χ2n) is 9.31. The van der Waals surface area contributed by atoms with Crippen LogP contribution in [0.2, 0.25) is 0 Å². The van der Waals surface area contributed by atoms with Gasteiger partial charge in [0.1, 0.15) is 17.7 Å². The van der Waals surface area contributed by atoms with Gasteiger partial charge >= 0.3 is 5.97 Å². The van der Waals surface area contributed by atoms with Gasteiger partial charge in [-0.2, -0.15) is 0 Å². The molecule has 0 bridgehead atoms. The predicted octanol–water partition coefficient (Wildman–Crippen LogP) is 2.50. The van der Waals surface area contributed by atoms with Crippen LogP contribution in [-0.2, 0) is 27.3 Å². The van der Waals surface area contributed by atoms with Crippen molar-refractivity contribution in [3.05, 3.63) is 59.0 Å². The van der Waals surface area contributed by atoms with E-state index >= 15 is 0 Å². The molecule has 1 saturated heterocycles. The van der Waals surface area contributed by atoms with Gasteiger partial charge in [0.25, 0.3) is 5.91 Å². The number of carbonyl (C=O) groups is 3. The van der Waals surface area contributed by atoms with Crippen molar-refractivity contribution in [1.29, 1.82) is 0 Å². The zero-order valence-electron chi connectivity index (χ0n) is 20.9. The fourth-order valence-corrected chi connectivity index (χ4v) is 5.09. The number of aliphatic carboxylic acids is 1. The number of nitrogens with zero attached hydrogens (tertiary/aromatic N) is 2. The smallest absolute Gasteiger partial charge is 0.326 e. The van der Waals surface area contributed by atoms with Crippen LogP contribution in [-0.4, -0.2) is 62.5 Å². The highest BCUT2D eigenvalue weighted by atomic mass is 32.2. The number of rotatable bonds is 11. The molecule has 2 heterocycles. The number of aromatic nitrogens is 1. The number of pyridine rings is 1. The lowest BCUT2D eigenvalue weighted by atomic mass is 10.0. The third-order valence-corrected chi connectivity index (χ3v) is 7.17. The van der Waals surface area contributed by atoms with Gasteiger partial charge in [-0.3, -0.25) is 9.59 Å². The summed E-state index contributed by atoms with van der Waals surface area (Å²) in [6.45, 7) is 4.04. The highest BCUT2D eigenvalue weighted by Crippen LogP contribution is 2.25. The molecule has 5 N–H and O–H groups in total. The minimum Gasteiger partial charge on any atom is -0.480 e. The van der Waals surface area contributed by atoms with Crippen LogP contribution in [0.3, 0.4) is 0 Å². The van der Waals surface area contributed by atoms with Crippen molar-refractivity contribution < 1.29 is 32.7 Å². The molecule has 1 aliphatic heterocycles. The number of hydrogen-bond donors (Lipinski definition) is 4. The van der Waals surface area contributed by atoms with Gasteiger partial charge in [0, 0.05) is 43.6 Å². The van der Waals surface area contributed by atoms with Gasteiger partial charge < -0.3 is 26.4 Å². The molecule has 9 nitrogen and oxygen atoms in total. The molecule has 1 aliphatic rings. The number of carboxylic acids is 1. The quantitative estimate of drug-likeness (QED) is 0.312. The van der Waals surface area contributed by atoms with Gasteiger partial charge in [-0.25, -0.2) is 22.9 Å². The summed E-state index contributed by atoms with van der Waals surface area (Å²) < 4.78 is 40.5. The van der Waals surface area contributed by atoms with E-state index in [9.17, 15) is 32.7 Å². The first-order chi connectivity index (χ1) is 18.0. The summed E-state index contributed by atoms with van der Waals surface area (Å²) in [7, 11) is 0. The molecule has 13 heteroatoms. The minimum atomic E-state index is -1.31. The summed E-state index contributed by atoms with van der Waals surface area (Å²) in [6, 6.07) is 2.84. The SMILES string of the molecule is CC(C)[C@H](Nc1ccc(CNC(=O)[C@@H]2SCCN2C(=O)C[C@H](N)Cc2cc(F)c(F)cc2F)cn1)C(=O)O. The number of amides is 2. The first-order valence-electron chi connectivity index (χ1n) is 12.0. The second kappa shape index (κ2) is 13.0. The largest absolute Gasteiger partial charge is 0.480 e.